The van der Waals surface area contributed by atoms with E-state index in [4.69, 9.17) is 0 Å². The molecule has 0 nitrogen and oxygen atoms in total. The molecule has 0 radical (unpaired) electrons. The fraction of sp³-hybridized carbons (Fsp3) is 0.280. The van der Waals surface area contributed by atoms with Crippen LogP contribution in [0.25, 0.3) is 0 Å². The van der Waals surface area contributed by atoms with E-state index in [0.717, 1.165) is 0 Å². The van der Waals surface area contributed by atoms with E-state index in [9.17, 15) is 79.0 Å². The molecule has 0 heterocycles. The van der Waals surface area contributed by atoms with Gasteiger partial charge in [0.15, 0.2) is 0 Å². The Morgan fingerprint density at radius 1 is 0.255 bits per heavy atom. The van der Waals surface area contributed by atoms with Crippen LogP contribution in [0.15, 0.2) is 54.6 Å². The average molecular weight is 739 g/mol. The predicted molar refractivity (Wildman–Crippen MR) is 121 cm³/mol. The highest BCUT2D eigenvalue weighted by atomic mass is 31.2. The van der Waals surface area contributed by atoms with Crippen molar-refractivity contribution in [2.75, 3.05) is 0 Å². The summed E-state index contributed by atoms with van der Waals surface area (Å²) in [6.45, 7) is 0. The third kappa shape index (κ3) is 7.69. The number of hydrogen-bond donors (Lipinski definition) is 0. The van der Waals surface area contributed by atoms with Gasteiger partial charge in [-0.25, -0.2) is 0 Å². The SMILES string of the molecule is FC(F)(F)c1cc(C(F)(F)F)cc([P+](c2cc(C(F)(F)F)cc(C(F)(F)F)c2)(c2cc(C(F)(F)F)cc(C(F)(F)F)c2)C(F)(F)F)c1. The molecule has 0 aromatic heterocycles. The van der Waals surface area contributed by atoms with Crippen molar-refractivity contribution < 1.29 is 92.2 Å². The van der Waals surface area contributed by atoms with Crippen LogP contribution in [0.1, 0.15) is 33.4 Å². The van der Waals surface area contributed by atoms with E-state index in [1.54, 1.807) is 0 Å². The fourth-order valence-corrected chi connectivity index (χ4v) is 8.05. The Labute approximate surface area is 247 Å². The maximum Gasteiger partial charge on any atom is 0.524 e. The van der Waals surface area contributed by atoms with Crippen molar-refractivity contribution in [3.63, 3.8) is 0 Å². The lowest BCUT2D eigenvalue weighted by molar-refractivity contribution is -0.144. The van der Waals surface area contributed by atoms with Crippen LogP contribution in [0.2, 0.25) is 0 Å². The zero-order chi connectivity index (χ0) is 36.6. The van der Waals surface area contributed by atoms with Crippen molar-refractivity contribution in [3.05, 3.63) is 88.0 Å². The Morgan fingerprint density at radius 2 is 0.404 bits per heavy atom. The highest BCUT2D eigenvalue weighted by molar-refractivity contribution is 7.96. The number of rotatable bonds is 3. The minimum absolute atomic E-state index is 0.838. The second-order valence-electron chi connectivity index (χ2n) is 9.43. The minimum Gasteiger partial charge on any atom is -0.166 e. The van der Waals surface area contributed by atoms with Gasteiger partial charge in [0.05, 0.1) is 33.4 Å². The summed E-state index contributed by atoms with van der Waals surface area (Å²) in [5.74, 6) is -6.76. The van der Waals surface area contributed by atoms with Crippen molar-refractivity contribution in [1.82, 2.24) is 0 Å². The summed E-state index contributed by atoms with van der Waals surface area (Å²) in [6, 6.07) is -7.61. The van der Waals surface area contributed by atoms with Crippen LogP contribution in [0, 0.1) is 0 Å². The van der Waals surface area contributed by atoms with Crippen molar-refractivity contribution in [3.8, 4) is 0 Å². The highest BCUT2D eigenvalue weighted by Crippen LogP contribution is 2.69. The largest absolute Gasteiger partial charge is 0.524 e. The number of alkyl halides is 21. The number of benzene rings is 3. The molecule has 0 bridgehead atoms. The van der Waals surface area contributed by atoms with Crippen LogP contribution in [0.3, 0.4) is 0 Å². The second kappa shape index (κ2) is 11.4. The third-order valence-corrected chi connectivity index (χ3v) is 10.1. The van der Waals surface area contributed by atoms with Gasteiger partial charge in [0.1, 0.15) is 15.9 Å². The Bertz CT molecular complexity index is 1350. The Morgan fingerprint density at radius 3 is 0.511 bits per heavy atom. The number of halogens is 21. The van der Waals surface area contributed by atoms with Crippen LogP contribution in [-0.2, 0) is 37.1 Å². The molecule has 47 heavy (non-hydrogen) atoms. The lowest BCUT2D eigenvalue weighted by Gasteiger charge is -2.31. The molecule has 0 saturated carbocycles. The smallest absolute Gasteiger partial charge is 0.166 e. The Hall–Kier alpha value is -3.38. The van der Waals surface area contributed by atoms with Crippen LogP contribution in [-0.4, -0.2) is 5.92 Å². The maximum atomic E-state index is 15.4. The van der Waals surface area contributed by atoms with E-state index in [1.807, 2.05) is 0 Å². The van der Waals surface area contributed by atoms with Crippen molar-refractivity contribution in [1.29, 1.82) is 0 Å². The van der Waals surface area contributed by atoms with Gasteiger partial charge in [0.2, 0.25) is 7.26 Å². The molecule has 3 aromatic rings. The van der Waals surface area contributed by atoms with Crippen LogP contribution < -0.4 is 15.9 Å². The first-order chi connectivity index (χ1) is 20.7. The summed E-state index contributed by atoms with van der Waals surface area (Å²) in [6.07, 6.45) is -36.4. The molecule has 3 aromatic carbocycles. The van der Waals surface area contributed by atoms with E-state index in [0.29, 0.717) is 0 Å². The summed E-state index contributed by atoms with van der Waals surface area (Å²) in [7, 11) is -7.32. The summed E-state index contributed by atoms with van der Waals surface area (Å²) < 4.78 is 292. The zero-order valence-corrected chi connectivity index (χ0v) is 22.5. The van der Waals surface area contributed by atoms with Gasteiger partial charge in [0, 0.05) is 0 Å². The molecule has 0 aliphatic heterocycles. The topological polar surface area (TPSA) is 0 Å². The summed E-state index contributed by atoms with van der Waals surface area (Å²) >= 11 is 0. The average Bonchev–Trinajstić information content (AvgIpc) is 2.84. The maximum absolute atomic E-state index is 15.4. The molecule has 0 N–H and O–H groups in total. The molecule has 22 heteroatoms. The van der Waals surface area contributed by atoms with Gasteiger partial charge >= 0.3 is 43.0 Å². The normalized spacial score (nSPS) is 14.5. The number of hydrogen-bond acceptors (Lipinski definition) is 0. The minimum atomic E-state index is -7.32. The predicted octanol–water partition coefficient (Wildman–Crippen LogP) is 10.6. The van der Waals surface area contributed by atoms with Gasteiger partial charge in [-0.05, 0) is 54.6 Å². The van der Waals surface area contributed by atoms with Crippen LogP contribution in [0.5, 0.6) is 0 Å². The summed E-state index contributed by atoms with van der Waals surface area (Å²) in [4.78, 5) is 0. The monoisotopic (exact) mass is 739 g/mol. The molecular formula is C25H9F21P+. The molecular weight excluding hydrogens is 730 g/mol. The van der Waals surface area contributed by atoms with E-state index in [-0.39, 0.29) is 0 Å². The second-order valence-corrected chi connectivity index (χ2v) is 12.8. The van der Waals surface area contributed by atoms with Gasteiger partial charge in [-0.2, -0.15) is 79.0 Å². The molecule has 3 rings (SSSR count). The Kier molecular flexibility index (Phi) is 9.20. The molecule has 0 aliphatic rings. The highest BCUT2D eigenvalue weighted by Gasteiger charge is 2.69. The first kappa shape index (κ1) is 38.1. The van der Waals surface area contributed by atoms with E-state index in [1.165, 1.54) is 0 Å². The molecule has 0 fully saturated rings. The molecule has 0 aliphatic carbocycles. The third-order valence-electron chi connectivity index (χ3n) is 6.26. The molecule has 0 saturated heterocycles. The van der Waals surface area contributed by atoms with Gasteiger partial charge in [-0.3, -0.25) is 0 Å². The zero-order valence-electron chi connectivity index (χ0n) is 21.6. The van der Waals surface area contributed by atoms with Gasteiger partial charge in [-0.1, -0.05) is 0 Å². The standard InChI is InChI=1S/C25H9F21P/c26-19(27,28)10-1-11(20(29,30)31)5-16(4-10)47(25(44,45)46,17-6-12(21(32,33)34)2-13(7-17)22(35,36)37)18-8-14(23(38,39)40)3-15(9-18)24(41,42)43/h1-9H/q+1. The summed E-state index contributed by atoms with van der Waals surface area (Å²) in [5.41, 5.74) is -16.1. The van der Waals surface area contributed by atoms with Crippen molar-refractivity contribution >= 4 is 23.2 Å². The van der Waals surface area contributed by atoms with Crippen LogP contribution >= 0.6 is 7.26 Å². The van der Waals surface area contributed by atoms with Gasteiger partial charge in [0.25, 0.3) is 0 Å². The van der Waals surface area contributed by atoms with E-state index >= 15 is 13.2 Å². The van der Waals surface area contributed by atoms with Crippen molar-refractivity contribution in [2.45, 2.75) is 43.0 Å². The van der Waals surface area contributed by atoms with Gasteiger partial charge < -0.3 is 0 Å². The lowest BCUT2D eigenvalue weighted by atomic mass is 10.1. The van der Waals surface area contributed by atoms with E-state index < -0.39 is 154 Å². The fourth-order valence-electron chi connectivity index (χ4n) is 4.28. The molecule has 0 unspecified atom stereocenters. The van der Waals surface area contributed by atoms with Gasteiger partial charge in [-0.15, -0.1) is 13.2 Å². The first-order valence-electron chi connectivity index (χ1n) is 11.6. The quantitative estimate of drug-likeness (QED) is 0.185. The van der Waals surface area contributed by atoms with E-state index in [2.05, 4.69) is 0 Å². The summed E-state index contributed by atoms with van der Waals surface area (Å²) in [5, 5.41) is -7.56. The van der Waals surface area contributed by atoms with Crippen molar-refractivity contribution in [2.24, 2.45) is 0 Å². The van der Waals surface area contributed by atoms with Crippen LogP contribution in [0.4, 0.5) is 92.2 Å². The lowest BCUT2D eigenvalue weighted by Crippen LogP contribution is -2.42. The Balaban J connectivity index is 2.86. The molecule has 0 atom stereocenters. The molecule has 0 spiro atoms. The molecule has 260 valence electrons. The molecule has 0 amide bonds. The first-order valence-corrected chi connectivity index (χ1v) is 13.3.